The van der Waals surface area contributed by atoms with Crippen molar-refractivity contribution in [2.24, 2.45) is 11.8 Å². The summed E-state index contributed by atoms with van der Waals surface area (Å²) in [7, 11) is 0. The van der Waals surface area contributed by atoms with Gasteiger partial charge in [-0.3, -0.25) is 4.90 Å². The first-order valence-electron chi connectivity index (χ1n) is 6.56. The molecule has 0 aromatic carbocycles. The molecular formula is C13H23N. The normalized spacial score (nSPS) is 48.6. The van der Waals surface area contributed by atoms with Crippen LogP contribution in [0.2, 0.25) is 0 Å². The number of piperidine rings is 1. The summed E-state index contributed by atoms with van der Waals surface area (Å²) in [4.78, 5) is 2.87. The summed E-state index contributed by atoms with van der Waals surface area (Å²) in [5, 5.41) is 0. The quantitative estimate of drug-likeness (QED) is 0.571. The highest BCUT2D eigenvalue weighted by atomic mass is 15.2. The van der Waals surface area contributed by atoms with Crippen molar-refractivity contribution >= 4 is 0 Å². The van der Waals surface area contributed by atoms with E-state index in [1.165, 1.54) is 58.0 Å². The Labute approximate surface area is 87.9 Å². The van der Waals surface area contributed by atoms with Gasteiger partial charge in [0.05, 0.1) is 0 Å². The van der Waals surface area contributed by atoms with Crippen LogP contribution < -0.4 is 0 Å². The zero-order chi connectivity index (χ0) is 9.60. The van der Waals surface area contributed by atoms with Crippen molar-refractivity contribution in [2.75, 3.05) is 13.1 Å². The monoisotopic (exact) mass is 193 g/mol. The minimum Gasteiger partial charge on any atom is -0.297 e. The molecule has 1 aliphatic carbocycles. The second-order valence-electron chi connectivity index (χ2n) is 5.92. The van der Waals surface area contributed by atoms with Crippen LogP contribution in [-0.4, -0.2) is 23.5 Å². The molecule has 0 radical (unpaired) electrons. The van der Waals surface area contributed by atoms with Crippen LogP contribution in [0.15, 0.2) is 0 Å². The number of nitrogens with zero attached hydrogens (tertiary/aromatic N) is 1. The zero-order valence-corrected chi connectivity index (χ0v) is 9.47. The molecule has 2 aliphatic heterocycles. The van der Waals surface area contributed by atoms with E-state index in [1.54, 1.807) is 0 Å². The van der Waals surface area contributed by atoms with Crippen LogP contribution in [0.3, 0.4) is 0 Å². The van der Waals surface area contributed by atoms with Crippen LogP contribution in [-0.2, 0) is 0 Å². The Hall–Kier alpha value is -0.0400. The predicted octanol–water partition coefficient (Wildman–Crippen LogP) is 3.05. The van der Waals surface area contributed by atoms with Crippen LogP contribution in [0, 0.1) is 11.8 Å². The summed E-state index contributed by atoms with van der Waals surface area (Å²) < 4.78 is 0. The maximum atomic E-state index is 2.87. The van der Waals surface area contributed by atoms with Gasteiger partial charge in [0.15, 0.2) is 0 Å². The zero-order valence-electron chi connectivity index (χ0n) is 9.47. The van der Waals surface area contributed by atoms with Crippen LogP contribution >= 0.6 is 0 Å². The van der Waals surface area contributed by atoms with Gasteiger partial charge in [-0.2, -0.15) is 0 Å². The Morgan fingerprint density at radius 3 is 2.93 bits per heavy atom. The minimum atomic E-state index is 0.699. The van der Waals surface area contributed by atoms with E-state index < -0.39 is 0 Å². The Morgan fingerprint density at radius 2 is 2.00 bits per heavy atom. The van der Waals surface area contributed by atoms with Crippen molar-refractivity contribution in [3.05, 3.63) is 0 Å². The summed E-state index contributed by atoms with van der Waals surface area (Å²) in [5.74, 6) is 2.03. The standard InChI is InChI=1S/C13H23N/c1-11-5-8-13-7-3-2-4-12(13)6-9-14(13)10-11/h11-12H,2-10H2,1H3. The third-order valence-electron chi connectivity index (χ3n) is 5.15. The van der Waals surface area contributed by atoms with Crippen LogP contribution in [0.4, 0.5) is 0 Å². The summed E-state index contributed by atoms with van der Waals surface area (Å²) in [5.41, 5.74) is 0.699. The van der Waals surface area contributed by atoms with Crippen LogP contribution in [0.1, 0.15) is 51.9 Å². The van der Waals surface area contributed by atoms with Gasteiger partial charge in [0.2, 0.25) is 0 Å². The number of hydrogen-bond acceptors (Lipinski definition) is 1. The van der Waals surface area contributed by atoms with Gasteiger partial charge in [-0.1, -0.05) is 19.8 Å². The lowest BCUT2D eigenvalue weighted by Gasteiger charge is -2.50. The maximum absolute atomic E-state index is 2.87. The van der Waals surface area contributed by atoms with E-state index >= 15 is 0 Å². The smallest absolute Gasteiger partial charge is 0.0238 e. The SMILES string of the molecule is CC1CCC23CCCCC2CCN3C1. The molecule has 3 aliphatic rings. The molecule has 3 atom stereocenters. The van der Waals surface area contributed by atoms with Crippen LogP contribution in [0.25, 0.3) is 0 Å². The van der Waals surface area contributed by atoms with Crippen molar-refractivity contribution in [2.45, 2.75) is 57.4 Å². The summed E-state index contributed by atoms with van der Waals surface area (Å²) in [6.07, 6.45) is 10.6. The molecule has 3 fully saturated rings. The van der Waals surface area contributed by atoms with E-state index in [2.05, 4.69) is 11.8 Å². The molecule has 3 unspecified atom stereocenters. The summed E-state index contributed by atoms with van der Waals surface area (Å²) >= 11 is 0. The Bertz CT molecular complexity index is 225. The lowest BCUT2D eigenvalue weighted by molar-refractivity contribution is 0.00836. The minimum absolute atomic E-state index is 0.699. The van der Waals surface area contributed by atoms with Gasteiger partial charge in [0, 0.05) is 12.1 Å². The van der Waals surface area contributed by atoms with Crippen molar-refractivity contribution in [1.82, 2.24) is 4.90 Å². The molecule has 0 aromatic rings. The van der Waals surface area contributed by atoms with Gasteiger partial charge in [-0.05, 0) is 50.5 Å². The van der Waals surface area contributed by atoms with Crippen molar-refractivity contribution in [3.8, 4) is 0 Å². The van der Waals surface area contributed by atoms with Crippen LogP contribution in [0.5, 0.6) is 0 Å². The predicted molar refractivity (Wildman–Crippen MR) is 59.3 cm³/mol. The first-order chi connectivity index (χ1) is 6.81. The topological polar surface area (TPSA) is 3.24 Å². The maximum Gasteiger partial charge on any atom is 0.0238 e. The molecule has 1 heteroatoms. The highest BCUT2D eigenvalue weighted by molar-refractivity contribution is 5.05. The Kier molecular flexibility index (Phi) is 2.12. The highest BCUT2D eigenvalue weighted by Gasteiger charge is 2.50. The third kappa shape index (κ3) is 1.18. The lowest BCUT2D eigenvalue weighted by Crippen LogP contribution is -2.53. The van der Waals surface area contributed by atoms with Crippen molar-refractivity contribution < 1.29 is 0 Å². The molecule has 3 rings (SSSR count). The van der Waals surface area contributed by atoms with E-state index in [-0.39, 0.29) is 0 Å². The van der Waals surface area contributed by atoms with Gasteiger partial charge < -0.3 is 0 Å². The molecule has 80 valence electrons. The molecule has 2 heterocycles. The van der Waals surface area contributed by atoms with Gasteiger partial charge in [-0.15, -0.1) is 0 Å². The van der Waals surface area contributed by atoms with Gasteiger partial charge in [0.25, 0.3) is 0 Å². The fraction of sp³-hybridized carbons (Fsp3) is 1.00. The highest BCUT2D eigenvalue weighted by Crippen LogP contribution is 2.50. The summed E-state index contributed by atoms with van der Waals surface area (Å²) in [6.45, 7) is 5.24. The van der Waals surface area contributed by atoms with E-state index in [9.17, 15) is 0 Å². The molecule has 1 nitrogen and oxygen atoms in total. The van der Waals surface area contributed by atoms with E-state index in [0.717, 1.165) is 11.8 Å². The van der Waals surface area contributed by atoms with Crippen molar-refractivity contribution in [1.29, 1.82) is 0 Å². The van der Waals surface area contributed by atoms with E-state index in [4.69, 9.17) is 0 Å². The van der Waals surface area contributed by atoms with Gasteiger partial charge in [-0.25, -0.2) is 0 Å². The second kappa shape index (κ2) is 3.23. The van der Waals surface area contributed by atoms with Gasteiger partial charge >= 0.3 is 0 Å². The fourth-order valence-corrected chi connectivity index (χ4v) is 4.38. The molecule has 0 amide bonds. The van der Waals surface area contributed by atoms with Crippen molar-refractivity contribution in [3.63, 3.8) is 0 Å². The van der Waals surface area contributed by atoms with E-state index in [1.807, 2.05) is 0 Å². The molecule has 2 saturated heterocycles. The molecule has 0 N–H and O–H groups in total. The fourth-order valence-electron chi connectivity index (χ4n) is 4.38. The lowest BCUT2D eigenvalue weighted by atomic mass is 9.68. The average molecular weight is 193 g/mol. The Balaban J connectivity index is 1.85. The largest absolute Gasteiger partial charge is 0.297 e. The molecule has 14 heavy (non-hydrogen) atoms. The first-order valence-corrected chi connectivity index (χ1v) is 6.56. The molecule has 0 aromatic heterocycles. The Morgan fingerprint density at radius 1 is 1.07 bits per heavy atom. The molecule has 1 spiro atoms. The summed E-state index contributed by atoms with van der Waals surface area (Å²) in [6, 6.07) is 0. The van der Waals surface area contributed by atoms with Gasteiger partial charge in [0.1, 0.15) is 0 Å². The molecular weight excluding hydrogens is 170 g/mol. The average Bonchev–Trinajstić information content (AvgIpc) is 2.57. The second-order valence-corrected chi connectivity index (χ2v) is 5.92. The first kappa shape index (κ1) is 9.21. The third-order valence-corrected chi connectivity index (χ3v) is 5.15. The molecule has 0 bridgehead atoms. The molecule has 1 saturated carbocycles. The van der Waals surface area contributed by atoms with E-state index in [0.29, 0.717) is 5.54 Å². The number of hydrogen-bond donors (Lipinski definition) is 0. The number of rotatable bonds is 0.